The molecule has 0 saturated carbocycles. The van der Waals surface area contributed by atoms with E-state index in [4.69, 9.17) is 14.0 Å². The highest BCUT2D eigenvalue weighted by molar-refractivity contribution is 8.00. The molecule has 0 radical (unpaired) electrons. The van der Waals surface area contributed by atoms with Gasteiger partial charge >= 0.3 is 0 Å². The Kier molecular flexibility index (Phi) is 6.08. The van der Waals surface area contributed by atoms with Crippen molar-refractivity contribution < 1.29 is 23.6 Å². The molecule has 0 saturated heterocycles. The summed E-state index contributed by atoms with van der Waals surface area (Å²) < 4.78 is 15.6. The van der Waals surface area contributed by atoms with Crippen LogP contribution in [0.3, 0.4) is 0 Å². The number of ether oxygens (including phenoxy) is 2. The molecule has 9 nitrogen and oxygen atoms in total. The second-order valence-electron chi connectivity index (χ2n) is 6.85. The number of hydrogen-bond acceptors (Lipinski definition) is 8. The maximum atomic E-state index is 12.9. The van der Waals surface area contributed by atoms with Crippen LogP contribution in [0.25, 0.3) is 0 Å². The molecule has 160 valence electrons. The molecule has 4 rings (SSSR count). The molecule has 1 aromatic carbocycles. The minimum Gasteiger partial charge on any atom is -0.454 e. The first-order chi connectivity index (χ1) is 15.0. The van der Waals surface area contributed by atoms with E-state index < -0.39 is 0 Å². The van der Waals surface area contributed by atoms with E-state index in [1.54, 1.807) is 56.6 Å². The minimum absolute atomic E-state index is 0.0952. The normalized spacial score (nSPS) is 11.9. The number of nitrogens with zero attached hydrogens (tertiary/aromatic N) is 3. The van der Waals surface area contributed by atoms with Gasteiger partial charge in [0, 0.05) is 31.1 Å². The van der Waals surface area contributed by atoms with Crippen molar-refractivity contribution in [3.63, 3.8) is 0 Å². The van der Waals surface area contributed by atoms with Gasteiger partial charge in [-0.25, -0.2) is 4.98 Å². The highest BCUT2D eigenvalue weighted by atomic mass is 32.2. The van der Waals surface area contributed by atoms with E-state index in [9.17, 15) is 9.59 Å². The fourth-order valence-electron chi connectivity index (χ4n) is 2.99. The molecule has 0 fully saturated rings. The maximum absolute atomic E-state index is 12.9. The van der Waals surface area contributed by atoms with Gasteiger partial charge < -0.3 is 24.2 Å². The summed E-state index contributed by atoms with van der Waals surface area (Å²) in [5.41, 5.74) is 1.69. The molecule has 0 unspecified atom stereocenters. The molecule has 1 aliphatic heterocycles. The van der Waals surface area contributed by atoms with Crippen molar-refractivity contribution in [2.45, 2.75) is 18.5 Å². The summed E-state index contributed by atoms with van der Waals surface area (Å²) >= 11 is 1.20. The van der Waals surface area contributed by atoms with E-state index in [0.29, 0.717) is 45.8 Å². The first kappa shape index (κ1) is 20.7. The van der Waals surface area contributed by atoms with Gasteiger partial charge in [0.1, 0.15) is 16.5 Å². The quantitative estimate of drug-likeness (QED) is 0.559. The van der Waals surface area contributed by atoms with E-state index in [1.807, 2.05) is 0 Å². The number of amides is 2. The van der Waals surface area contributed by atoms with E-state index in [0.717, 1.165) is 0 Å². The fraction of sp³-hybridized carbons (Fsp3) is 0.238. The third kappa shape index (κ3) is 4.97. The number of carbonyl (C=O) groups excluding carboxylic acids is 2. The topological polar surface area (TPSA) is 107 Å². The lowest BCUT2D eigenvalue weighted by Gasteiger charge is -2.17. The van der Waals surface area contributed by atoms with Crippen molar-refractivity contribution in [2.75, 3.05) is 24.9 Å². The SMILES string of the molecule is Cc1cc(CN(C)C(=O)c2cccnc2SCC(=O)Nc2ccc3c(c2)OCO3)no1. The van der Waals surface area contributed by atoms with Gasteiger partial charge in [-0.3, -0.25) is 9.59 Å². The zero-order valence-corrected chi connectivity index (χ0v) is 17.8. The van der Waals surface area contributed by atoms with Crippen molar-refractivity contribution in [3.8, 4) is 11.5 Å². The number of aryl methyl sites for hydroxylation is 1. The lowest BCUT2D eigenvalue weighted by molar-refractivity contribution is -0.113. The Morgan fingerprint density at radius 1 is 1.19 bits per heavy atom. The molecule has 3 heterocycles. The van der Waals surface area contributed by atoms with E-state index in [1.165, 1.54) is 16.7 Å². The van der Waals surface area contributed by atoms with Crippen LogP contribution in [-0.2, 0) is 11.3 Å². The van der Waals surface area contributed by atoms with Gasteiger partial charge in [0.25, 0.3) is 5.91 Å². The lowest BCUT2D eigenvalue weighted by Crippen LogP contribution is -2.27. The number of rotatable bonds is 7. The summed E-state index contributed by atoms with van der Waals surface area (Å²) in [5, 5.41) is 7.21. The Morgan fingerprint density at radius 3 is 2.84 bits per heavy atom. The highest BCUT2D eigenvalue weighted by Gasteiger charge is 2.19. The summed E-state index contributed by atoms with van der Waals surface area (Å²) in [6, 6.07) is 10.4. The molecule has 0 aliphatic carbocycles. The predicted molar refractivity (Wildman–Crippen MR) is 113 cm³/mol. The number of pyridine rings is 1. The van der Waals surface area contributed by atoms with Crippen LogP contribution in [0, 0.1) is 6.92 Å². The molecule has 1 aliphatic rings. The molecule has 1 N–H and O–H groups in total. The fourth-order valence-corrected chi connectivity index (χ4v) is 3.77. The van der Waals surface area contributed by atoms with Gasteiger partial charge in [-0.05, 0) is 31.2 Å². The summed E-state index contributed by atoms with van der Waals surface area (Å²) in [7, 11) is 1.68. The van der Waals surface area contributed by atoms with Crippen LogP contribution in [0.5, 0.6) is 11.5 Å². The van der Waals surface area contributed by atoms with Crippen molar-refractivity contribution >= 4 is 29.3 Å². The Labute approximate surface area is 182 Å². The molecule has 3 aromatic rings. The summed E-state index contributed by atoms with van der Waals surface area (Å²) in [5.74, 6) is 1.58. The second kappa shape index (κ2) is 9.09. The van der Waals surface area contributed by atoms with Gasteiger partial charge in [-0.2, -0.15) is 0 Å². The number of nitrogens with one attached hydrogen (secondary N) is 1. The smallest absolute Gasteiger partial charge is 0.256 e. The monoisotopic (exact) mass is 440 g/mol. The largest absolute Gasteiger partial charge is 0.454 e. The number of fused-ring (bicyclic) bond motifs is 1. The van der Waals surface area contributed by atoms with Gasteiger partial charge in [-0.1, -0.05) is 16.9 Å². The Bertz CT molecular complexity index is 1120. The second-order valence-corrected chi connectivity index (χ2v) is 7.82. The number of hydrogen-bond donors (Lipinski definition) is 1. The molecule has 2 aromatic heterocycles. The van der Waals surface area contributed by atoms with E-state index >= 15 is 0 Å². The molecular formula is C21H20N4O5S. The minimum atomic E-state index is -0.223. The lowest BCUT2D eigenvalue weighted by atomic mass is 10.2. The van der Waals surface area contributed by atoms with Crippen molar-refractivity contribution in [1.82, 2.24) is 15.0 Å². The van der Waals surface area contributed by atoms with Gasteiger partial charge in [0.15, 0.2) is 11.5 Å². The summed E-state index contributed by atoms with van der Waals surface area (Å²) in [6.07, 6.45) is 1.59. The van der Waals surface area contributed by atoms with Crippen LogP contribution in [0.15, 0.2) is 52.1 Å². The van der Waals surface area contributed by atoms with E-state index in [-0.39, 0.29) is 24.4 Å². The molecular weight excluding hydrogens is 420 g/mol. The van der Waals surface area contributed by atoms with Gasteiger partial charge in [-0.15, -0.1) is 0 Å². The molecule has 0 spiro atoms. The molecule has 0 bridgehead atoms. The molecule has 31 heavy (non-hydrogen) atoms. The van der Waals surface area contributed by atoms with Crippen LogP contribution in [0.1, 0.15) is 21.8 Å². The van der Waals surface area contributed by atoms with Crippen LogP contribution in [0.2, 0.25) is 0 Å². The van der Waals surface area contributed by atoms with Gasteiger partial charge in [0.2, 0.25) is 12.7 Å². The Balaban J connectivity index is 1.37. The van der Waals surface area contributed by atoms with Crippen LogP contribution < -0.4 is 14.8 Å². The third-order valence-electron chi connectivity index (χ3n) is 4.42. The first-order valence-electron chi connectivity index (χ1n) is 9.44. The third-order valence-corrected chi connectivity index (χ3v) is 5.43. The molecule has 10 heteroatoms. The van der Waals surface area contributed by atoms with Crippen molar-refractivity contribution in [3.05, 3.63) is 59.6 Å². The number of carbonyl (C=O) groups is 2. The standard InChI is InChI=1S/C21H20N4O5S/c1-13-8-15(24-30-13)10-25(2)21(27)16-4-3-7-22-20(16)31-11-19(26)23-14-5-6-17-18(9-14)29-12-28-17/h3-9H,10-12H2,1-2H3,(H,23,26). The number of thioether (sulfide) groups is 1. The number of anilines is 1. The maximum Gasteiger partial charge on any atom is 0.256 e. The van der Waals surface area contributed by atoms with E-state index in [2.05, 4.69) is 15.5 Å². The summed E-state index contributed by atoms with van der Waals surface area (Å²) in [4.78, 5) is 31.1. The van der Waals surface area contributed by atoms with Crippen molar-refractivity contribution in [2.24, 2.45) is 0 Å². The van der Waals surface area contributed by atoms with Crippen LogP contribution in [-0.4, -0.2) is 46.4 Å². The zero-order valence-electron chi connectivity index (χ0n) is 17.0. The molecule has 0 atom stereocenters. The van der Waals surface area contributed by atoms with Gasteiger partial charge in [0.05, 0.1) is 17.9 Å². The highest BCUT2D eigenvalue weighted by Crippen LogP contribution is 2.34. The van der Waals surface area contributed by atoms with Crippen molar-refractivity contribution in [1.29, 1.82) is 0 Å². The Hall–Kier alpha value is -3.53. The van der Waals surface area contributed by atoms with Crippen LogP contribution >= 0.6 is 11.8 Å². The average molecular weight is 440 g/mol. The molecule has 2 amide bonds. The zero-order chi connectivity index (χ0) is 21.8. The van der Waals surface area contributed by atoms with Crippen LogP contribution in [0.4, 0.5) is 5.69 Å². The first-order valence-corrected chi connectivity index (χ1v) is 10.4. The number of aromatic nitrogens is 2. The average Bonchev–Trinajstić information content (AvgIpc) is 3.40. The predicted octanol–water partition coefficient (Wildman–Crippen LogP) is 3.11. The Morgan fingerprint density at radius 2 is 2.03 bits per heavy atom. The summed E-state index contributed by atoms with van der Waals surface area (Å²) in [6.45, 7) is 2.27. The number of benzene rings is 1.